The standard InChI is InChI=1S/C18H22FN3O3/c1-11-9-12(2)22(21-11)13(3)10-16(23)20-18(4,17(24)25)14-5-7-15(19)8-6-14/h5-9,13H,10H2,1-4H3,(H,20,23)(H,24,25). The largest absolute Gasteiger partial charge is 0.479 e. The van der Waals surface area contributed by atoms with E-state index in [1.165, 1.54) is 31.2 Å². The normalized spacial score (nSPS) is 14.6. The number of aliphatic carboxylic acids is 1. The lowest BCUT2D eigenvalue weighted by molar-refractivity contribution is -0.147. The van der Waals surface area contributed by atoms with Gasteiger partial charge in [0.2, 0.25) is 5.91 Å². The summed E-state index contributed by atoms with van der Waals surface area (Å²) in [4.78, 5) is 24.1. The number of carboxylic acids is 1. The fraction of sp³-hybridized carbons (Fsp3) is 0.389. The van der Waals surface area contributed by atoms with E-state index in [1.54, 1.807) is 4.68 Å². The number of carboxylic acid groups (broad SMARTS) is 1. The summed E-state index contributed by atoms with van der Waals surface area (Å²) >= 11 is 0. The third-order valence-corrected chi connectivity index (χ3v) is 4.18. The van der Waals surface area contributed by atoms with Crippen LogP contribution in [0.25, 0.3) is 0 Å². The van der Waals surface area contributed by atoms with Crippen LogP contribution in [-0.2, 0) is 15.1 Å². The second-order valence-electron chi connectivity index (χ2n) is 6.41. The van der Waals surface area contributed by atoms with E-state index in [1.807, 2.05) is 26.8 Å². The highest BCUT2D eigenvalue weighted by Gasteiger charge is 2.37. The van der Waals surface area contributed by atoms with E-state index in [4.69, 9.17) is 0 Å². The molecule has 1 aromatic heterocycles. The van der Waals surface area contributed by atoms with Gasteiger partial charge in [0.1, 0.15) is 5.82 Å². The first-order valence-corrected chi connectivity index (χ1v) is 7.96. The van der Waals surface area contributed by atoms with Gasteiger partial charge in [-0.05, 0) is 51.5 Å². The Morgan fingerprint density at radius 1 is 1.32 bits per heavy atom. The van der Waals surface area contributed by atoms with E-state index < -0.39 is 23.2 Å². The highest BCUT2D eigenvalue weighted by molar-refractivity contribution is 5.87. The quantitative estimate of drug-likeness (QED) is 0.841. The van der Waals surface area contributed by atoms with Crippen LogP contribution in [0.4, 0.5) is 4.39 Å². The number of carbonyl (C=O) groups excluding carboxylic acids is 1. The minimum absolute atomic E-state index is 0.0754. The molecule has 2 rings (SSSR count). The van der Waals surface area contributed by atoms with Gasteiger partial charge in [-0.3, -0.25) is 9.48 Å². The van der Waals surface area contributed by atoms with Crippen molar-refractivity contribution in [2.75, 3.05) is 0 Å². The minimum Gasteiger partial charge on any atom is -0.479 e. The second kappa shape index (κ2) is 7.04. The third-order valence-electron chi connectivity index (χ3n) is 4.18. The van der Waals surface area contributed by atoms with Gasteiger partial charge in [-0.15, -0.1) is 0 Å². The number of carbonyl (C=O) groups is 2. The fourth-order valence-corrected chi connectivity index (χ4v) is 2.81. The fourth-order valence-electron chi connectivity index (χ4n) is 2.81. The SMILES string of the molecule is Cc1cc(C)n(C(C)CC(=O)NC(C)(C(=O)O)c2ccc(F)cc2)n1. The number of halogens is 1. The van der Waals surface area contributed by atoms with Crippen LogP contribution < -0.4 is 5.32 Å². The molecule has 0 bridgehead atoms. The maximum atomic E-state index is 13.1. The van der Waals surface area contributed by atoms with Crippen LogP contribution >= 0.6 is 0 Å². The smallest absolute Gasteiger partial charge is 0.333 e. The summed E-state index contributed by atoms with van der Waals surface area (Å²) in [6.07, 6.45) is 0.0754. The Labute approximate surface area is 145 Å². The van der Waals surface area contributed by atoms with Crippen molar-refractivity contribution in [2.24, 2.45) is 0 Å². The van der Waals surface area contributed by atoms with Crippen LogP contribution in [0.15, 0.2) is 30.3 Å². The lowest BCUT2D eigenvalue weighted by atomic mass is 9.91. The van der Waals surface area contributed by atoms with Gasteiger partial charge in [0, 0.05) is 12.1 Å². The molecule has 0 spiro atoms. The van der Waals surface area contributed by atoms with Gasteiger partial charge in [-0.1, -0.05) is 12.1 Å². The van der Waals surface area contributed by atoms with Crippen molar-refractivity contribution >= 4 is 11.9 Å². The van der Waals surface area contributed by atoms with Crippen LogP contribution in [-0.4, -0.2) is 26.8 Å². The van der Waals surface area contributed by atoms with E-state index in [0.717, 1.165) is 11.4 Å². The summed E-state index contributed by atoms with van der Waals surface area (Å²) < 4.78 is 14.8. The Balaban J connectivity index is 2.16. The number of rotatable bonds is 6. The molecule has 25 heavy (non-hydrogen) atoms. The number of aromatic nitrogens is 2. The van der Waals surface area contributed by atoms with Gasteiger partial charge in [0.05, 0.1) is 11.7 Å². The first kappa shape index (κ1) is 18.6. The van der Waals surface area contributed by atoms with Crippen molar-refractivity contribution in [1.29, 1.82) is 0 Å². The second-order valence-corrected chi connectivity index (χ2v) is 6.41. The molecule has 6 nitrogen and oxygen atoms in total. The molecule has 2 N–H and O–H groups in total. The highest BCUT2D eigenvalue weighted by Crippen LogP contribution is 2.23. The Morgan fingerprint density at radius 2 is 1.92 bits per heavy atom. The molecule has 7 heteroatoms. The van der Waals surface area contributed by atoms with Gasteiger partial charge in [0.25, 0.3) is 0 Å². The Bertz CT molecular complexity index is 785. The monoisotopic (exact) mass is 347 g/mol. The van der Waals surface area contributed by atoms with Crippen LogP contribution in [0.5, 0.6) is 0 Å². The molecule has 0 fully saturated rings. The Hall–Kier alpha value is -2.70. The van der Waals surface area contributed by atoms with Crippen LogP contribution in [0.1, 0.15) is 43.3 Å². The predicted molar refractivity (Wildman–Crippen MR) is 90.6 cm³/mol. The van der Waals surface area contributed by atoms with Crippen LogP contribution in [0, 0.1) is 19.7 Å². The molecule has 134 valence electrons. The molecule has 0 aliphatic carbocycles. The summed E-state index contributed by atoms with van der Waals surface area (Å²) in [6, 6.07) is 6.74. The molecule has 1 heterocycles. The molecule has 0 aliphatic heterocycles. The molecule has 2 aromatic rings. The lowest BCUT2D eigenvalue weighted by Crippen LogP contribution is -2.49. The lowest BCUT2D eigenvalue weighted by Gasteiger charge is -2.27. The average molecular weight is 347 g/mol. The molecule has 0 aliphatic rings. The summed E-state index contributed by atoms with van der Waals surface area (Å²) in [7, 11) is 0. The van der Waals surface area contributed by atoms with Gasteiger partial charge < -0.3 is 10.4 Å². The molecule has 1 aromatic carbocycles. The van der Waals surface area contributed by atoms with Gasteiger partial charge in [-0.2, -0.15) is 5.10 Å². The molecule has 0 saturated carbocycles. The summed E-state index contributed by atoms with van der Waals surface area (Å²) in [6.45, 7) is 6.99. The van der Waals surface area contributed by atoms with Crippen molar-refractivity contribution < 1.29 is 19.1 Å². The Kier molecular flexibility index (Phi) is 5.25. The average Bonchev–Trinajstić information content (AvgIpc) is 2.86. The number of hydrogen-bond acceptors (Lipinski definition) is 3. The van der Waals surface area contributed by atoms with E-state index in [-0.39, 0.29) is 12.5 Å². The maximum absolute atomic E-state index is 13.1. The van der Waals surface area contributed by atoms with Crippen molar-refractivity contribution in [3.63, 3.8) is 0 Å². The van der Waals surface area contributed by atoms with Gasteiger partial charge in [-0.25, -0.2) is 9.18 Å². The van der Waals surface area contributed by atoms with Crippen molar-refractivity contribution in [1.82, 2.24) is 15.1 Å². The van der Waals surface area contributed by atoms with E-state index in [9.17, 15) is 19.1 Å². The van der Waals surface area contributed by atoms with Crippen molar-refractivity contribution in [3.8, 4) is 0 Å². The van der Waals surface area contributed by atoms with E-state index >= 15 is 0 Å². The van der Waals surface area contributed by atoms with E-state index in [0.29, 0.717) is 5.56 Å². The maximum Gasteiger partial charge on any atom is 0.333 e. The number of nitrogens with one attached hydrogen (secondary N) is 1. The number of hydrogen-bond donors (Lipinski definition) is 2. The minimum atomic E-state index is -1.64. The zero-order valence-electron chi connectivity index (χ0n) is 14.7. The van der Waals surface area contributed by atoms with Crippen LogP contribution in [0.3, 0.4) is 0 Å². The van der Waals surface area contributed by atoms with E-state index in [2.05, 4.69) is 10.4 Å². The highest BCUT2D eigenvalue weighted by atomic mass is 19.1. The number of benzene rings is 1. The van der Waals surface area contributed by atoms with Crippen molar-refractivity contribution in [2.45, 2.75) is 45.7 Å². The molecule has 2 unspecified atom stereocenters. The number of aryl methyl sites for hydroxylation is 2. The Morgan fingerprint density at radius 3 is 2.40 bits per heavy atom. The number of amides is 1. The number of nitrogens with zero attached hydrogens (tertiary/aromatic N) is 2. The van der Waals surface area contributed by atoms with Gasteiger partial charge >= 0.3 is 5.97 Å². The molecular weight excluding hydrogens is 325 g/mol. The topological polar surface area (TPSA) is 84.2 Å². The molecular formula is C18H22FN3O3. The summed E-state index contributed by atoms with van der Waals surface area (Å²) in [5.41, 5.74) is 0.442. The third kappa shape index (κ3) is 4.04. The molecule has 0 radical (unpaired) electrons. The predicted octanol–water partition coefficient (Wildman–Crippen LogP) is 2.71. The molecule has 1 amide bonds. The zero-order valence-corrected chi connectivity index (χ0v) is 14.7. The van der Waals surface area contributed by atoms with Crippen molar-refractivity contribution in [3.05, 3.63) is 53.1 Å². The molecule has 0 saturated heterocycles. The summed E-state index contributed by atoms with van der Waals surface area (Å²) in [5, 5.41) is 16.5. The zero-order chi connectivity index (χ0) is 18.8. The first-order valence-electron chi connectivity index (χ1n) is 7.96. The van der Waals surface area contributed by atoms with Crippen LogP contribution in [0.2, 0.25) is 0 Å². The molecule has 2 atom stereocenters. The van der Waals surface area contributed by atoms with Gasteiger partial charge in [0.15, 0.2) is 5.54 Å². The summed E-state index contributed by atoms with van der Waals surface area (Å²) in [5.74, 6) is -2.11. The first-order chi connectivity index (χ1) is 11.6.